The van der Waals surface area contributed by atoms with Crippen molar-refractivity contribution in [2.75, 3.05) is 21.3 Å². The second-order valence-electron chi connectivity index (χ2n) is 4.64. The number of allylic oxidation sites excluding steroid dienone is 1. The van der Waals surface area contributed by atoms with Gasteiger partial charge in [-0.1, -0.05) is 13.8 Å². The summed E-state index contributed by atoms with van der Waals surface area (Å²) in [6.45, 7) is 3.50. The van der Waals surface area contributed by atoms with Gasteiger partial charge in [0.15, 0.2) is 17.3 Å². The third-order valence-electron chi connectivity index (χ3n) is 2.95. The van der Waals surface area contributed by atoms with Crippen LogP contribution in [-0.4, -0.2) is 27.1 Å². The Morgan fingerprint density at radius 2 is 1.62 bits per heavy atom. The van der Waals surface area contributed by atoms with Gasteiger partial charge in [-0.2, -0.15) is 5.26 Å². The van der Waals surface area contributed by atoms with Crippen molar-refractivity contribution in [3.63, 3.8) is 0 Å². The zero-order valence-corrected chi connectivity index (χ0v) is 12.9. The Morgan fingerprint density at radius 1 is 1.10 bits per heavy atom. The fourth-order valence-electron chi connectivity index (χ4n) is 1.79. The van der Waals surface area contributed by atoms with Crippen molar-refractivity contribution in [1.82, 2.24) is 0 Å². The summed E-state index contributed by atoms with van der Waals surface area (Å²) in [5.41, 5.74) is 0.663. The summed E-state index contributed by atoms with van der Waals surface area (Å²) in [5.74, 6) is 1.05. The third kappa shape index (κ3) is 3.76. The number of rotatable bonds is 6. The van der Waals surface area contributed by atoms with Crippen LogP contribution >= 0.6 is 0 Å². The molecule has 0 radical (unpaired) electrons. The van der Waals surface area contributed by atoms with Crippen molar-refractivity contribution in [3.05, 3.63) is 23.3 Å². The largest absolute Gasteiger partial charge is 0.496 e. The summed E-state index contributed by atoms with van der Waals surface area (Å²) >= 11 is 0. The molecule has 1 aromatic carbocycles. The number of ether oxygens (including phenoxy) is 3. The lowest BCUT2D eigenvalue weighted by molar-refractivity contribution is -0.117. The van der Waals surface area contributed by atoms with Gasteiger partial charge in [-0.15, -0.1) is 0 Å². The molecule has 0 fully saturated rings. The highest BCUT2D eigenvalue weighted by molar-refractivity contribution is 6.04. The Labute approximate surface area is 124 Å². The van der Waals surface area contributed by atoms with Crippen molar-refractivity contribution >= 4 is 11.9 Å². The molecule has 0 aliphatic carbocycles. The Hall–Kier alpha value is -2.48. The first-order chi connectivity index (χ1) is 9.98. The van der Waals surface area contributed by atoms with Gasteiger partial charge >= 0.3 is 0 Å². The van der Waals surface area contributed by atoms with E-state index >= 15 is 0 Å². The van der Waals surface area contributed by atoms with E-state index in [2.05, 4.69) is 0 Å². The van der Waals surface area contributed by atoms with Crippen LogP contribution in [-0.2, 0) is 4.79 Å². The predicted molar refractivity (Wildman–Crippen MR) is 79.5 cm³/mol. The molecule has 5 heteroatoms. The van der Waals surface area contributed by atoms with E-state index in [9.17, 15) is 4.79 Å². The molecule has 0 spiro atoms. The van der Waals surface area contributed by atoms with Gasteiger partial charge in [0.2, 0.25) is 0 Å². The van der Waals surface area contributed by atoms with Crippen LogP contribution in [0.5, 0.6) is 17.2 Å². The second-order valence-corrected chi connectivity index (χ2v) is 4.64. The number of hydrogen-bond acceptors (Lipinski definition) is 5. The topological polar surface area (TPSA) is 68.6 Å². The number of nitrogens with zero attached hydrogens (tertiary/aromatic N) is 1. The number of nitriles is 1. The zero-order valence-electron chi connectivity index (χ0n) is 12.9. The number of benzene rings is 1. The predicted octanol–water partition coefficient (Wildman–Crippen LogP) is 2.84. The van der Waals surface area contributed by atoms with E-state index in [-0.39, 0.29) is 17.3 Å². The first-order valence-corrected chi connectivity index (χ1v) is 6.44. The smallest absolute Gasteiger partial charge is 0.175 e. The molecule has 0 aliphatic heterocycles. The lowest BCUT2D eigenvalue weighted by atomic mass is 9.99. The van der Waals surface area contributed by atoms with E-state index in [1.54, 1.807) is 26.0 Å². The van der Waals surface area contributed by atoms with Crippen LogP contribution in [0.4, 0.5) is 0 Å². The average Bonchev–Trinajstić information content (AvgIpc) is 2.50. The average molecular weight is 289 g/mol. The van der Waals surface area contributed by atoms with E-state index in [1.807, 2.05) is 6.07 Å². The molecule has 0 atom stereocenters. The summed E-state index contributed by atoms with van der Waals surface area (Å²) < 4.78 is 15.7. The number of ketones is 1. The summed E-state index contributed by atoms with van der Waals surface area (Å²) in [6.07, 6.45) is 1.50. The minimum atomic E-state index is -0.248. The van der Waals surface area contributed by atoms with Crippen LogP contribution < -0.4 is 14.2 Å². The Balaban J connectivity index is 3.41. The normalized spacial score (nSPS) is 11.0. The summed E-state index contributed by atoms with van der Waals surface area (Å²) in [5, 5.41) is 9.16. The number of hydrogen-bond donors (Lipinski definition) is 0. The minimum Gasteiger partial charge on any atom is -0.496 e. The van der Waals surface area contributed by atoms with Crippen molar-refractivity contribution in [1.29, 1.82) is 5.26 Å². The van der Waals surface area contributed by atoms with Crippen LogP contribution in [0, 0.1) is 17.2 Å². The van der Waals surface area contributed by atoms with Gasteiger partial charge in [0.05, 0.1) is 26.9 Å². The molecule has 1 aromatic rings. The lowest BCUT2D eigenvalue weighted by Crippen LogP contribution is -2.09. The highest BCUT2D eigenvalue weighted by Gasteiger charge is 2.16. The Morgan fingerprint density at radius 3 is 2.05 bits per heavy atom. The van der Waals surface area contributed by atoms with E-state index in [4.69, 9.17) is 19.5 Å². The third-order valence-corrected chi connectivity index (χ3v) is 2.95. The molecule has 0 heterocycles. The fraction of sp³-hybridized carbons (Fsp3) is 0.375. The molecule has 0 N–H and O–H groups in total. The van der Waals surface area contributed by atoms with E-state index < -0.39 is 0 Å². The van der Waals surface area contributed by atoms with Gasteiger partial charge in [-0.25, -0.2) is 0 Å². The molecule has 5 nitrogen and oxygen atoms in total. The molecule has 0 aromatic heterocycles. The Bertz CT molecular complexity index is 597. The maximum atomic E-state index is 12.0. The lowest BCUT2D eigenvalue weighted by Gasteiger charge is -2.12. The first kappa shape index (κ1) is 16.6. The quantitative estimate of drug-likeness (QED) is 0.595. The van der Waals surface area contributed by atoms with Gasteiger partial charge in [-0.05, 0) is 12.1 Å². The maximum Gasteiger partial charge on any atom is 0.175 e. The van der Waals surface area contributed by atoms with Gasteiger partial charge in [0.1, 0.15) is 11.8 Å². The zero-order chi connectivity index (χ0) is 16.0. The van der Waals surface area contributed by atoms with E-state index in [0.717, 1.165) is 0 Å². The molecule has 21 heavy (non-hydrogen) atoms. The molecule has 0 saturated carbocycles. The van der Waals surface area contributed by atoms with Crippen LogP contribution in [0.1, 0.15) is 19.4 Å². The molecule has 0 amide bonds. The fourth-order valence-corrected chi connectivity index (χ4v) is 1.79. The monoisotopic (exact) mass is 289 g/mol. The van der Waals surface area contributed by atoms with Crippen LogP contribution in [0.2, 0.25) is 0 Å². The van der Waals surface area contributed by atoms with Crippen molar-refractivity contribution < 1.29 is 19.0 Å². The highest BCUT2D eigenvalue weighted by Crippen LogP contribution is 2.35. The first-order valence-electron chi connectivity index (χ1n) is 6.44. The number of carbonyl (C=O) groups excluding carboxylic acids is 1. The summed E-state index contributed by atoms with van der Waals surface area (Å²) in [6, 6.07) is 5.25. The molecule has 112 valence electrons. The van der Waals surface area contributed by atoms with Gasteiger partial charge < -0.3 is 14.2 Å². The molecule has 1 rings (SSSR count). The van der Waals surface area contributed by atoms with E-state index in [1.165, 1.54) is 27.4 Å². The summed E-state index contributed by atoms with van der Waals surface area (Å²) in [7, 11) is 4.55. The van der Waals surface area contributed by atoms with Gasteiger partial charge in [0.25, 0.3) is 0 Å². The standard InChI is InChI=1S/C16H19NO4/c1-10(2)16(18)12(9-17)6-11-7-14(20-4)15(21-5)8-13(11)19-3/h6-8,10H,1-5H3/b12-6+. The number of carbonyl (C=O) groups is 1. The Kier molecular flexibility index (Phi) is 5.79. The second kappa shape index (κ2) is 7.34. The molecule has 0 aliphatic rings. The number of methoxy groups -OCH3 is 3. The molecule has 0 saturated heterocycles. The molecule has 0 bridgehead atoms. The molecular weight excluding hydrogens is 270 g/mol. The minimum absolute atomic E-state index is 0.0792. The van der Waals surface area contributed by atoms with Crippen molar-refractivity contribution in [2.24, 2.45) is 5.92 Å². The van der Waals surface area contributed by atoms with Gasteiger partial charge in [-0.3, -0.25) is 4.79 Å². The summed E-state index contributed by atoms with van der Waals surface area (Å²) in [4.78, 5) is 12.0. The van der Waals surface area contributed by atoms with Crippen LogP contribution in [0.15, 0.2) is 17.7 Å². The highest BCUT2D eigenvalue weighted by atomic mass is 16.5. The van der Waals surface area contributed by atoms with Crippen LogP contribution in [0.25, 0.3) is 6.08 Å². The number of Topliss-reactive ketones (excluding diaryl/α,β-unsaturated/α-hetero) is 1. The van der Waals surface area contributed by atoms with Crippen LogP contribution in [0.3, 0.4) is 0 Å². The molecule has 0 unspecified atom stereocenters. The van der Waals surface area contributed by atoms with Crippen molar-refractivity contribution in [2.45, 2.75) is 13.8 Å². The maximum absolute atomic E-state index is 12.0. The van der Waals surface area contributed by atoms with Crippen molar-refractivity contribution in [3.8, 4) is 23.3 Å². The molecular formula is C16H19NO4. The van der Waals surface area contributed by atoms with E-state index in [0.29, 0.717) is 22.8 Å². The SMILES string of the molecule is COc1cc(OC)c(OC)cc1/C=C(\C#N)C(=O)C(C)C. The van der Waals surface area contributed by atoms with Gasteiger partial charge in [0, 0.05) is 17.5 Å².